The molecule has 7 heteroatoms. The maximum atomic E-state index is 6.05. The second-order valence-corrected chi connectivity index (χ2v) is 18.9. The van der Waals surface area contributed by atoms with Gasteiger partial charge in [-0.3, -0.25) is 0 Å². The van der Waals surface area contributed by atoms with Gasteiger partial charge in [-0.25, -0.2) is 0 Å². The molecule has 0 saturated carbocycles. The number of ether oxygens (including phenoxy) is 2. The van der Waals surface area contributed by atoms with Crippen LogP contribution >= 0.6 is 67.8 Å². The number of para-hydroxylation sites is 2. The Balaban J connectivity index is 0.000000409. The number of likely N-dealkylation sites (N-methyl/N-ethyl adjacent to an activating group) is 1. The highest BCUT2D eigenvalue weighted by atomic mass is 127. The smallest absolute Gasteiger partial charge is 0.127 e. The summed E-state index contributed by atoms with van der Waals surface area (Å²) in [4.78, 5) is 2.33. The van der Waals surface area contributed by atoms with Crippen molar-refractivity contribution >= 4 is 78.9 Å². The van der Waals surface area contributed by atoms with Gasteiger partial charge < -0.3 is 19.7 Å². The fourth-order valence-corrected chi connectivity index (χ4v) is 5.07. The largest absolute Gasteiger partial charge is 0.488 e. The molecule has 0 bridgehead atoms. The second-order valence-electron chi connectivity index (χ2n) is 11.3. The van der Waals surface area contributed by atoms with E-state index < -0.39 is 0 Å². The van der Waals surface area contributed by atoms with E-state index in [1.807, 2.05) is 76.2 Å². The Labute approximate surface area is 357 Å². The molecule has 4 aromatic rings. The van der Waals surface area contributed by atoms with Crippen LogP contribution in [-0.4, -0.2) is 44.5 Å². The van der Waals surface area contributed by atoms with E-state index in [1.165, 1.54) is 37.8 Å². The van der Waals surface area contributed by atoms with Crippen LogP contribution in [0.4, 0.5) is 0 Å². The Hall–Kier alpha value is -1.93. The molecule has 0 atom stereocenters. The van der Waals surface area contributed by atoms with Crippen molar-refractivity contribution in [3.63, 3.8) is 0 Å². The summed E-state index contributed by atoms with van der Waals surface area (Å²) in [7, 11) is 2.16. The molecule has 52 heavy (non-hydrogen) atoms. The van der Waals surface area contributed by atoms with Gasteiger partial charge >= 0.3 is 0 Å². The van der Waals surface area contributed by atoms with Crippen LogP contribution in [0.25, 0.3) is 11.1 Å². The molecular formula is C45H61I3N2O2. The third kappa shape index (κ3) is 20.5. The molecule has 2 heterocycles. The SMILES string of the molecule is C1=C(c2ccccc2OCc2ccccc2)CCNC1.CC.CC.CC(I)I.CCI.CN1CC=C(c2ccccc2OCc2ccccc2)CC1. The molecule has 4 nitrogen and oxygen atoms in total. The van der Waals surface area contributed by atoms with Gasteiger partial charge in [-0.15, -0.1) is 0 Å². The van der Waals surface area contributed by atoms with Crippen molar-refractivity contribution in [1.82, 2.24) is 10.2 Å². The zero-order chi connectivity index (χ0) is 38.4. The first-order valence-electron chi connectivity index (χ1n) is 18.5. The first-order valence-corrected chi connectivity index (χ1v) is 22.6. The zero-order valence-corrected chi connectivity index (χ0v) is 38.9. The van der Waals surface area contributed by atoms with Gasteiger partial charge in [0.05, 0.1) is 1.93 Å². The second kappa shape index (κ2) is 31.4. The standard InChI is InChI=1S/C19H21NO.C18H19NO.C2H4I2.C2H5I.2C2H6/c1-20-13-11-17(12-14-20)18-9-5-6-10-19(18)21-15-16-7-3-2-4-8-16;1-2-6-15(7-3-1)14-20-18-9-5-4-8-17(18)16-10-12-19-13-11-16;1-2(3)4;1-2-3;2*1-2/h2-11H,12-15H2,1H3;1-10,19H,11-14H2;2H,1H3;2H2,1H3;2*1-2H3. The number of rotatable bonds is 8. The van der Waals surface area contributed by atoms with Gasteiger partial charge in [-0.2, -0.15) is 0 Å². The highest BCUT2D eigenvalue weighted by Gasteiger charge is 2.14. The predicted octanol–water partition coefficient (Wildman–Crippen LogP) is 13.3. The number of halogens is 3. The minimum Gasteiger partial charge on any atom is -0.488 e. The van der Waals surface area contributed by atoms with E-state index in [9.17, 15) is 0 Å². The predicted molar refractivity (Wildman–Crippen MR) is 255 cm³/mol. The molecule has 2 aliphatic rings. The van der Waals surface area contributed by atoms with E-state index in [0.29, 0.717) is 13.2 Å². The van der Waals surface area contributed by atoms with E-state index in [2.05, 4.69) is 172 Å². The minimum absolute atomic E-state index is 0.614. The van der Waals surface area contributed by atoms with Crippen molar-refractivity contribution in [3.8, 4) is 11.5 Å². The summed E-state index contributed by atoms with van der Waals surface area (Å²) in [5, 5.41) is 3.34. The summed E-state index contributed by atoms with van der Waals surface area (Å²) >= 11 is 6.95. The van der Waals surface area contributed by atoms with Crippen LogP contribution in [0.15, 0.2) is 121 Å². The quantitative estimate of drug-likeness (QED) is 0.141. The third-order valence-corrected chi connectivity index (χ3v) is 7.42. The van der Waals surface area contributed by atoms with Crippen LogP contribution in [-0.2, 0) is 13.2 Å². The monoisotopic (exact) mass is 1040 g/mol. The van der Waals surface area contributed by atoms with Gasteiger partial charge in [0.25, 0.3) is 0 Å². The van der Waals surface area contributed by atoms with Gasteiger partial charge in [0, 0.05) is 30.8 Å². The van der Waals surface area contributed by atoms with E-state index in [0.717, 1.165) is 52.5 Å². The minimum atomic E-state index is 0.614. The Morgan fingerprint density at radius 2 is 1.06 bits per heavy atom. The molecule has 0 amide bonds. The molecule has 4 aromatic carbocycles. The van der Waals surface area contributed by atoms with Crippen molar-refractivity contribution in [2.45, 2.75) is 69.5 Å². The van der Waals surface area contributed by atoms with E-state index in [-0.39, 0.29) is 0 Å². The summed E-state index contributed by atoms with van der Waals surface area (Å²) < 4.78 is 14.1. The molecule has 0 saturated heterocycles. The summed E-state index contributed by atoms with van der Waals surface area (Å²) in [6.07, 6.45) is 6.72. The molecule has 6 rings (SSSR count). The van der Waals surface area contributed by atoms with Crippen molar-refractivity contribution in [2.75, 3.05) is 37.7 Å². The normalized spacial score (nSPS) is 13.2. The Kier molecular flexibility index (Phi) is 29.1. The molecule has 0 aromatic heterocycles. The Bertz CT molecular complexity index is 1510. The van der Waals surface area contributed by atoms with Gasteiger partial charge in [0.2, 0.25) is 0 Å². The molecule has 2 aliphatic heterocycles. The first kappa shape index (κ1) is 48.1. The highest BCUT2D eigenvalue weighted by molar-refractivity contribution is 14.2. The van der Waals surface area contributed by atoms with E-state index in [4.69, 9.17) is 9.47 Å². The van der Waals surface area contributed by atoms with Crippen molar-refractivity contribution in [3.05, 3.63) is 144 Å². The van der Waals surface area contributed by atoms with Crippen LogP contribution in [0.1, 0.15) is 76.6 Å². The lowest BCUT2D eigenvalue weighted by atomic mass is 9.99. The average Bonchev–Trinajstić information content (AvgIpc) is 3.20. The number of nitrogens with one attached hydrogen (secondary N) is 1. The van der Waals surface area contributed by atoms with Gasteiger partial charge in [0.1, 0.15) is 24.7 Å². The lowest BCUT2D eigenvalue weighted by molar-refractivity contribution is 0.304. The van der Waals surface area contributed by atoms with Crippen molar-refractivity contribution in [1.29, 1.82) is 0 Å². The van der Waals surface area contributed by atoms with Gasteiger partial charge in [0.15, 0.2) is 0 Å². The van der Waals surface area contributed by atoms with Crippen molar-refractivity contribution in [2.24, 2.45) is 0 Å². The van der Waals surface area contributed by atoms with Gasteiger partial charge in [-0.05, 0) is 72.2 Å². The Morgan fingerprint density at radius 1 is 0.654 bits per heavy atom. The average molecular weight is 1040 g/mol. The topological polar surface area (TPSA) is 33.7 Å². The van der Waals surface area contributed by atoms with Crippen molar-refractivity contribution < 1.29 is 9.47 Å². The summed E-state index contributed by atoms with van der Waals surface area (Å²) in [5.41, 5.74) is 7.64. The van der Waals surface area contributed by atoms with Gasteiger partial charge in [-0.1, -0.05) is 212 Å². The summed E-state index contributed by atoms with van der Waals surface area (Å²) in [6, 6.07) is 37.3. The lowest BCUT2D eigenvalue weighted by Crippen LogP contribution is -2.23. The van der Waals surface area contributed by atoms with Crippen LogP contribution in [0.2, 0.25) is 0 Å². The molecule has 0 unspecified atom stereocenters. The first-order chi connectivity index (χ1) is 25.4. The number of hydrogen-bond acceptors (Lipinski definition) is 4. The van der Waals surface area contributed by atoms with Crippen LogP contribution in [0, 0.1) is 0 Å². The zero-order valence-electron chi connectivity index (χ0n) is 32.4. The molecule has 0 aliphatic carbocycles. The molecule has 0 radical (unpaired) electrons. The molecule has 1 N–H and O–H groups in total. The fourth-order valence-electron chi connectivity index (χ4n) is 5.07. The Morgan fingerprint density at radius 3 is 1.44 bits per heavy atom. The number of hydrogen-bond donors (Lipinski definition) is 1. The summed E-state index contributed by atoms with van der Waals surface area (Å²) in [5.74, 6) is 1.96. The maximum absolute atomic E-state index is 6.05. The third-order valence-electron chi connectivity index (χ3n) is 7.42. The van der Waals surface area contributed by atoms with Crippen LogP contribution in [0.5, 0.6) is 11.5 Å². The molecule has 0 spiro atoms. The molecular weight excluding hydrogens is 981 g/mol. The number of nitrogens with zero attached hydrogens (tertiary/aromatic N) is 1. The lowest BCUT2D eigenvalue weighted by Gasteiger charge is -2.23. The highest BCUT2D eigenvalue weighted by Crippen LogP contribution is 2.31. The van der Waals surface area contributed by atoms with E-state index in [1.54, 1.807) is 0 Å². The molecule has 0 fully saturated rings. The van der Waals surface area contributed by atoms with E-state index >= 15 is 0 Å². The number of benzene rings is 4. The number of alkyl halides is 3. The van der Waals surface area contributed by atoms with Crippen LogP contribution in [0.3, 0.4) is 0 Å². The fraction of sp³-hybridized carbons (Fsp3) is 0.378. The summed E-state index contributed by atoms with van der Waals surface area (Å²) in [6.45, 7) is 17.6. The van der Waals surface area contributed by atoms with Crippen LogP contribution < -0.4 is 14.8 Å². The molecule has 284 valence electrons. The maximum Gasteiger partial charge on any atom is 0.127 e.